The van der Waals surface area contributed by atoms with E-state index in [4.69, 9.17) is 5.84 Å². The van der Waals surface area contributed by atoms with Crippen molar-refractivity contribution in [1.29, 1.82) is 0 Å². The highest BCUT2D eigenvalue weighted by molar-refractivity contribution is 7.98. The normalized spacial score (nSPS) is 16.1. The highest BCUT2D eigenvalue weighted by Gasteiger charge is 2.20. The predicted octanol–water partition coefficient (Wildman–Crippen LogP) is 2.79. The van der Waals surface area contributed by atoms with E-state index in [2.05, 4.69) is 29.5 Å². The highest BCUT2D eigenvalue weighted by Crippen LogP contribution is 2.36. The van der Waals surface area contributed by atoms with E-state index < -0.39 is 0 Å². The van der Waals surface area contributed by atoms with Crippen molar-refractivity contribution < 1.29 is 0 Å². The van der Waals surface area contributed by atoms with E-state index >= 15 is 0 Å². The van der Waals surface area contributed by atoms with E-state index in [1.54, 1.807) is 0 Å². The molecular formula is C14H17N3S2. The molecule has 0 spiro atoms. The number of hydrogen-bond donors (Lipinski definition) is 2. The molecule has 0 aliphatic carbocycles. The van der Waals surface area contributed by atoms with Crippen LogP contribution in [0.3, 0.4) is 0 Å². The van der Waals surface area contributed by atoms with Gasteiger partial charge >= 0.3 is 0 Å². The standard InChI is InChI=1S/C14H17N3S2/c1-9-4-10(7-16-6-9)14(17-15)13-5-11-8-18-3-2-12(11)19-13/h4-7,14,17H,2-3,8,15H2,1H3. The Kier molecular flexibility index (Phi) is 3.88. The van der Waals surface area contributed by atoms with E-state index in [0.29, 0.717) is 0 Å². The first-order valence-electron chi connectivity index (χ1n) is 6.35. The van der Waals surface area contributed by atoms with Crippen LogP contribution in [0.2, 0.25) is 0 Å². The van der Waals surface area contributed by atoms with E-state index in [9.17, 15) is 0 Å². The van der Waals surface area contributed by atoms with Crippen LogP contribution in [0, 0.1) is 6.92 Å². The second kappa shape index (κ2) is 5.63. The number of hydrogen-bond acceptors (Lipinski definition) is 5. The molecule has 3 nitrogen and oxygen atoms in total. The zero-order chi connectivity index (χ0) is 13.2. The number of hydrazine groups is 1. The predicted molar refractivity (Wildman–Crippen MR) is 82.3 cm³/mol. The van der Waals surface area contributed by atoms with E-state index in [-0.39, 0.29) is 6.04 Å². The Morgan fingerprint density at radius 2 is 2.26 bits per heavy atom. The van der Waals surface area contributed by atoms with Gasteiger partial charge in [-0.25, -0.2) is 5.43 Å². The molecule has 2 aromatic heterocycles. The van der Waals surface area contributed by atoms with Crippen LogP contribution in [0.5, 0.6) is 0 Å². The summed E-state index contributed by atoms with van der Waals surface area (Å²) in [5, 5.41) is 0. The van der Waals surface area contributed by atoms with E-state index in [1.165, 1.54) is 27.5 Å². The molecular weight excluding hydrogens is 274 g/mol. The van der Waals surface area contributed by atoms with Crippen molar-refractivity contribution in [1.82, 2.24) is 10.4 Å². The summed E-state index contributed by atoms with van der Waals surface area (Å²) in [4.78, 5) is 7.08. The molecule has 0 amide bonds. The lowest BCUT2D eigenvalue weighted by Gasteiger charge is -2.14. The number of nitrogens with zero attached hydrogens (tertiary/aromatic N) is 1. The summed E-state index contributed by atoms with van der Waals surface area (Å²) >= 11 is 3.90. The second-order valence-corrected chi connectivity index (χ2v) is 7.07. The maximum absolute atomic E-state index is 5.77. The van der Waals surface area contributed by atoms with Crippen molar-refractivity contribution in [3.8, 4) is 0 Å². The van der Waals surface area contributed by atoms with Crippen LogP contribution in [0.25, 0.3) is 0 Å². The van der Waals surface area contributed by atoms with E-state index in [1.807, 2.05) is 35.5 Å². The first-order chi connectivity index (χ1) is 9.28. The maximum atomic E-state index is 5.77. The lowest BCUT2D eigenvalue weighted by molar-refractivity contribution is 0.643. The molecule has 0 radical (unpaired) electrons. The lowest BCUT2D eigenvalue weighted by atomic mass is 10.1. The molecule has 0 bridgehead atoms. The van der Waals surface area contributed by atoms with Crippen LogP contribution in [-0.2, 0) is 12.2 Å². The Morgan fingerprint density at radius 1 is 1.37 bits per heavy atom. The minimum Gasteiger partial charge on any atom is -0.271 e. The average molecular weight is 291 g/mol. The van der Waals surface area contributed by atoms with Crippen LogP contribution < -0.4 is 11.3 Å². The summed E-state index contributed by atoms with van der Waals surface area (Å²) in [6.45, 7) is 2.06. The molecule has 1 unspecified atom stereocenters. The van der Waals surface area contributed by atoms with Crippen molar-refractivity contribution in [3.05, 3.63) is 51.0 Å². The van der Waals surface area contributed by atoms with Crippen molar-refractivity contribution in [3.63, 3.8) is 0 Å². The maximum Gasteiger partial charge on any atom is 0.0817 e. The van der Waals surface area contributed by atoms with Gasteiger partial charge in [-0.2, -0.15) is 11.8 Å². The molecule has 100 valence electrons. The number of thioether (sulfide) groups is 1. The molecule has 0 saturated carbocycles. The third-order valence-electron chi connectivity index (χ3n) is 3.33. The van der Waals surface area contributed by atoms with Crippen molar-refractivity contribution >= 4 is 23.1 Å². The molecule has 5 heteroatoms. The summed E-state index contributed by atoms with van der Waals surface area (Å²) in [6, 6.07) is 4.50. The van der Waals surface area contributed by atoms with Crippen LogP contribution >= 0.6 is 23.1 Å². The van der Waals surface area contributed by atoms with Gasteiger partial charge in [-0.3, -0.25) is 10.8 Å². The molecule has 2 aromatic rings. The Balaban J connectivity index is 1.96. The quantitative estimate of drug-likeness (QED) is 0.674. The van der Waals surface area contributed by atoms with Crippen LogP contribution in [0.1, 0.15) is 32.5 Å². The molecule has 0 saturated heterocycles. The summed E-state index contributed by atoms with van der Waals surface area (Å²) in [7, 11) is 0. The molecule has 0 fully saturated rings. The molecule has 1 aliphatic rings. The van der Waals surface area contributed by atoms with Crippen LogP contribution in [0.4, 0.5) is 0 Å². The van der Waals surface area contributed by atoms with Gasteiger partial charge in [0.2, 0.25) is 0 Å². The Morgan fingerprint density at radius 3 is 3.00 bits per heavy atom. The molecule has 19 heavy (non-hydrogen) atoms. The van der Waals surface area contributed by atoms with Gasteiger partial charge in [0.25, 0.3) is 0 Å². The van der Waals surface area contributed by atoms with Gasteiger partial charge in [-0.15, -0.1) is 11.3 Å². The molecule has 3 heterocycles. The topological polar surface area (TPSA) is 50.9 Å². The molecule has 0 aromatic carbocycles. The van der Waals surface area contributed by atoms with Gasteiger partial charge in [0.05, 0.1) is 6.04 Å². The first kappa shape index (κ1) is 13.1. The monoisotopic (exact) mass is 291 g/mol. The summed E-state index contributed by atoms with van der Waals surface area (Å²) in [5.74, 6) is 8.14. The van der Waals surface area contributed by atoms with Crippen molar-refractivity contribution in [2.75, 3.05) is 5.75 Å². The lowest BCUT2D eigenvalue weighted by Crippen LogP contribution is -2.28. The molecule has 3 N–H and O–H groups in total. The minimum atomic E-state index is 0.0491. The zero-order valence-corrected chi connectivity index (χ0v) is 12.5. The van der Waals surface area contributed by atoms with Crippen molar-refractivity contribution in [2.24, 2.45) is 5.84 Å². The largest absolute Gasteiger partial charge is 0.271 e. The zero-order valence-electron chi connectivity index (χ0n) is 10.8. The second-order valence-electron chi connectivity index (χ2n) is 4.80. The van der Waals surface area contributed by atoms with Gasteiger partial charge in [0.1, 0.15) is 0 Å². The van der Waals surface area contributed by atoms with Gasteiger partial charge in [-0.1, -0.05) is 6.07 Å². The number of fused-ring (bicyclic) bond motifs is 1. The molecule has 1 aliphatic heterocycles. The number of thiophene rings is 1. The Labute approximate surface area is 121 Å². The fourth-order valence-electron chi connectivity index (χ4n) is 2.39. The highest BCUT2D eigenvalue weighted by atomic mass is 32.2. The van der Waals surface area contributed by atoms with E-state index in [0.717, 1.165) is 16.9 Å². The number of nitrogens with two attached hydrogens (primary N) is 1. The molecule has 3 rings (SSSR count). The Hall–Kier alpha value is -0.880. The molecule has 1 atom stereocenters. The average Bonchev–Trinajstić information content (AvgIpc) is 2.83. The van der Waals surface area contributed by atoms with Crippen LogP contribution in [-0.4, -0.2) is 10.7 Å². The number of nitrogens with one attached hydrogen (secondary N) is 1. The van der Waals surface area contributed by atoms with Gasteiger partial charge in [0.15, 0.2) is 0 Å². The fourth-order valence-corrected chi connectivity index (χ4v) is 4.86. The third kappa shape index (κ3) is 2.69. The number of aromatic nitrogens is 1. The van der Waals surface area contributed by atoms with Gasteiger partial charge in [-0.05, 0) is 41.9 Å². The number of rotatable bonds is 3. The number of pyridine rings is 1. The minimum absolute atomic E-state index is 0.0491. The summed E-state index contributed by atoms with van der Waals surface area (Å²) in [5.41, 5.74) is 6.71. The van der Waals surface area contributed by atoms with Crippen LogP contribution in [0.15, 0.2) is 24.5 Å². The first-order valence-corrected chi connectivity index (χ1v) is 8.32. The summed E-state index contributed by atoms with van der Waals surface area (Å²) in [6.07, 6.45) is 4.95. The summed E-state index contributed by atoms with van der Waals surface area (Å²) < 4.78 is 0. The smallest absolute Gasteiger partial charge is 0.0817 e. The third-order valence-corrected chi connectivity index (χ3v) is 5.64. The fraction of sp³-hybridized carbons (Fsp3) is 0.357. The number of aryl methyl sites for hydroxylation is 2. The van der Waals surface area contributed by atoms with Gasteiger partial charge in [0, 0.05) is 27.9 Å². The van der Waals surface area contributed by atoms with Crippen molar-refractivity contribution in [2.45, 2.75) is 25.1 Å². The Bertz CT molecular complexity index is 556. The SMILES string of the molecule is Cc1cncc(C(NN)c2cc3c(s2)CCSC3)c1. The van der Waals surface area contributed by atoms with Gasteiger partial charge < -0.3 is 0 Å².